The van der Waals surface area contributed by atoms with Gasteiger partial charge in [-0.3, -0.25) is 15.1 Å². The summed E-state index contributed by atoms with van der Waals surface area (Å²) >= 11 is 0. The van der Waals surface area contributed by atoms with Crippen molar-refractivity contribution in [1.82, 2.24) is 40.0 Å². The first-order valence-electron chi connectivity index (χ1n) is 13.4. The molecule has 10 heteroatoms. The van der Waals surface area contributed by atoms with Gasteiger partial charge in [0.15, 0.2) is 11.5 Å². The van der Waals surface area contributed by atoms with Gasteiger partial charge >= 0.3 is 0 Å². The first kappa shape index (κ1) is 24.3. The van der Waals surface area contributed by atoms with Gasteiger partial charge < -0.3 is 15.2 Å². The molecule has 1 aliphatic heterocycles. The molecule has 0 radical (unpaired) electrons. The third-order valence-corrected chi connectivity index (χ3v) is 7.68. The SMILES string of the molecule is CN1CCC(CNc2cncc(-c3cnc4n[nH]c(-c5nc6c(-c7cccc(F)c7)cncc6[nH]5)c4c3)c2)CC1. The van der Waals surface area contributed by atoms with Crippen LogP contribution in [0.4, 0.5) is 10.1 Å². The van der Waals surface area contributed by atoms with Crippen LogP contribution >= 0.6 is 0 Å². The molecule has 0 spiro atoms. The lowest BCUT2D eigenvalue weighted by Crippen LogP contribution is -2.32. The summed E-state index contributed by atoms with van der Waals surface area (Å²) < 4.78 is 13.9. The standard InChI is InChI=1S/C30H28FN9/c1-40-7-5-18(6-8-40)12-34-23-10-20(13-32-15-23)21-11-24-28(38-39-29(24)35-14-21)30-36-26-17-33-16-25(27(26)37-30)19-3-2-4-22(31)9-19/h2-4,9-11,13-18,34H,5-8,12H2,1H3,(H,36,37)(H,35,38,39). The van der Waals surface area contributed by atoms with Gasteiger partial charge in [0.2, 0.25) is 0 Å². The lowest BCUT2D eigenvalue weighted by atomic mass is 9.97. The normalized spacial score (nSPS) is 14.8. The fraction of sp³-hybridized carbons (Fsp3) is 0.233. The summed E-state index contributed by atoms with van der Waals surface area (Å²) in [7, 11) is 2.18. The Kier molecular flexibility index (Phi) is 6.16. The first-order valence-corrected chi connectivity index (χ1v) is 13.4. The van der Waals surface area contributed by atoms with E-state index in [1.54, 1.807) is 18.5 Å². The molecule has 7 rings (SSSR count). The second-order valence-corrected chi connectivity index (χ2v) is 10.5. The van der Waals surface area contributed by atoms with Crippen molar-refractivity contribution in [2.24, 2.45) is 5.92 Å². The number of hydrogen-bond acceptors (Lipinski definition) is 7. The van der Waals surface area contributed by atoms with Gasteiger partial charge in [-0.2, -0.15) is 5.10 Å². The van der Waals surface area contributed by atoms with Gasteiger partial charge in [-0.1, -0.05) is 12.1 Å². The van der Waals surface area contributed by atoms with Crippen LogP contribution in [0.25, 0.3) is 55.8 Å². The smallest absolute Gasteiger partial charge is 0.181 e. The average molecular weight is 534 g/mol. The number of pyridine rings is 3. The van der Waals surface area contributed by atoms with Crippen LogP contribution in [0.15, 0.2) is 67.4 Å². The van der Waals surface area contributed by atoms with Crippen LogP contribution in [0.3, 0.4) is 0 Å². The fourth-order valence-corrected chi connectivity index (χ4v) is 5.38. The predicted molar refractivity (Wildman–Crippen MR) is 154 cm³/mol. The molecule has 0 saturated carbocycles. The van der Waals surface area contributed by atoms with E-state index in [2.05, 4.69) is 59.5 Å². The molecule has 0 amide bonds. The number of rotatable bonds is 6. The Bertz CT molecular complexity index is 1820. The Morgan fingerprint density at radius 1 is 0.975 bits per heavy atom. The summed E-state index contributed by atoms with van der Waals surface area (Å²) in [5.74, 6) is 0.972. The number of H-pyrrole nitrogens is 2. The predicted octanol–water partition coefficient (Wildman–Crippen LogP) is 5.52. The van der Waals surface area contributed by atoms with E-state index in [-0.39, 0.29) is 5.82 Å². The van der Waals surface area contributed by atoms with Crippen molar-refractivity contribution in [1.29, 1.82) is 0 Å². The van der Waals surface area contributed by atoms with E-state index in [4.69, 9.17) is 4.98 Å². The maximum absolute atomic E-state index is 13.9. The summed E-state index contributed by atoms with van der Waals surface area (Å²) in [6.07, 6.45) is 11.4. The van der Waals surface area contributed by atoms with E-state index in [0.717, 1.165) is 58.6 Å². The Hall–Kier alpha value is -4.70. The summed E-state index contributed by atoms with van der Waals surface area (Å²) in [6.45, 7) is 3.25. The molecule has 1 saturated heterocycles. The summed E-state index contributed by atoms with van der Waals surface area (Å²) in [4.78, 5) is 24.0. The molecule has 0 bridgehead atoms. The van der Waals surface area contributed by atoms with Crippen molar-refractivity contribution in [3.63, 3.8) is 0 Å². The number of nitrogens with one attached hydrogen (secondary N) is 3. The second-order valence-electron chi connectivity index (χ2n) is 10.5. The number of halogens is 1. The van der Waals surface area contributed by atoms with Crippen LogP contribution in [0, 0.1) is 11.7 Å². The summed E-state index contributed by atoms with van der Waals surface area (Å²) in [5, 5.41) is 11.9. The quantitative estimate of drug-likeness (QED) is 0.259. The Labute approximate surface area is 229 Å². The highest BCUT2D eigenvalue weighted by atomic mass is 19.1. The number of piperidine rings is 1. The van der Waals surface area contributed by atoms with E-state index in [1.807, 2.05) is 24.7 Å². The molecule has 1 aliphatic rings. The molecule has 0 aliphatic carbocycles. The topological polar surface area (TPSA) is 111 Å². The number of hydrogen-bond donors (Lipinski definition) is 3. The number of nitrogens with zero attached hydrogens (tertiary/aromatic N) is 6. The molecule has 9 nitrogen and oxygen atoms in total. The summed E-state index contributed by atoms with van der Waals surface area (Å²) in [6, 6.07) is 10.6. The highest BCUT2D eigenvalue weighted by Gasteiger charge is 2.18. The van der Waals surface area contributed by atoms with Crippen LogP contribution < -0.4 is 5.32 Å². The zero-order valence-corrected chi connectivity index (χ0v) is 22.0. The third-order valence-electron chi connectivity index (χ3n) is 7.68. The Morgan fingerprint density at radius 3 is 2.70 bits per heavy atom. The second kappa shape index (κ2) is 10.1. The molecule has 1 fully saturated rings. The van der Waals surface area contributed by atoms with E-state index >= 15 is 0 Å². The first-order chi connectivity index (χ1) is 19.6. The van der Waals surface area contributed by atoms with Crippen molar-refractivity contribution < 1.29 is 4.39 Å². The largest absolute Gasteiger partial charge is 0.384 e. The molecule has 6 aromatic rings. The highest BCUT2D eigenvalue weighted by molar-refractivity contribution is 5.96. The van der Waals surface area contributed by atoms with Gasteiger partial charge in [0.1, 0.15) is 11.5 Å². The maximum Gasteiger partial charge on any atom is 0.181 e. The Balaban J connectivity index is 1.20. The zero-order chi connectivity index (χ0) is 27.1. The van der Waals surface area contributed by atoms with Crippen LogP contribution in [-0.2, 0) is 0 Å². The third kappa shape index (κ3) is 4.66. The Morgan fingerprint density at radius 2 is 1.82 bits per heavy atom. The van der Waals surface area contributed by atoms with Crippen molar-refractivity contribution in [3.05, 3.63) is 73.2 Å². The van der Waals surface area contributed by atoms with Crippen LogP contribution in [0.1, 0.15) is 12.8 Å². The lowest BCUT2D eigenvalue weighted by Gasteiger charge is -2.29. The molecular weight excluding hydrogens is 505 g/mol. The number of benzene rings is 1. The monoisotopic (exact) mass is 533 g/mol. The van der Waals surface area contributed by atoms with Crippen LogP contribution in [0.5, 0.6) is 0 Å². The molecular formula is C30H28FN9. The average Bonchev–Trinajstić information content (AvgIpc) is 3.61. The van der Waals surface area contributed by atoms with Crippen LogP contribution in [0.2, 0.25) is 0 Å². The molecule has 1 aromatic carbocycles. The molecule has 0 unspecified atom stereocenters. The minimum absolute atomic E-state index is 0.306. The fourth-order valence-electron chi connectivity index (χ4n) is 5.38. The number of aromatic nitrogens is 7. The number of imidazole rings is 1. The minimum atomic E-state index is -0.306. The van der Waals surface area contributed by atoms with E-state index in [0.29, 0.717) is 28.5 Å². The number of fused-ring (bicyclic) bond motifs is 2. The molecule has 200 valence electrons. The summed E-state index contributed by atoms with van der Waals surface area (Å²) in [5.41, 5.74) is 7.12. The van der Waals surface area contributed by atoms with Gasteiger partial charge in [0.05, 0.1) is 28.3 Å². The maximum atomic E-state index is 13.9. The zero-order valence-electron chi connectivity index (χ0n) is 22.0. The van der Waals surface area contributed by atoms with Gasteiger partial charge in [-0.05, 0) is 68.7 Å². The molecule has 3 N–H and O–H groups in total. The highest BCUT2D eigenvalue weighted by Crippen LogP contribution is 2.32. The molecule has 5 aromatic heterocycles. The minimum Gasteiger partial charge on any atom is -0.384 e. The van der Waals surface area contributed by atoms with Gasteiger partial charge in [-0.25, -0.2) is 14.4 Å². The van der Waals surface area contributed by atoms with Crippen molar-refractivity contribution in [3.8, 4) is 33.8 Å². The number of likely N-dealkylation sites (tertiary alicyclic amines) is 1. The van der Waals surface area contributed by atoms with Crippen molar-refractivity contribution in [2.45, 2.75) is 12.8 Å². The van der Waals surface area contributed by atoms with E-state index < -0.39 is 0 Å². The van der Waals surface area contributed by atoms with Gasteiger partial charge in [-0.15, -0.1) is 0 Å². The van der Waals surface area contributed by atoms with E-state index in [9.17, 15) is 4.39 Å². The molecule has 6 heterocycles. The molecule has 40 heavy (non-hydrogen) atoms. The van der Waals surface area contributed by atoms with Crippen molar-refractivity contribution in [2.75, 3.05) is 32.0 Å². The van der Waals surface area contributed by atoms with E-state index in [1.165, 1.54) is 25.0 Å². The lowest BCUT2D eigenvalue weighted by molar-refractivity contribution is 0.226. The van der Waals surface area contributed by atoms with Gasteiger partial charge in [0, 0.05) is 48.0 Å². The van der Waals surface area contributed by atoms with Crippen molar-refractivity contribution >= 4 is 27.8 Å². The van der Waals surface area contributed by atoms with Gasteiger partial charge in [0.25, 0.3) is 0 Å². The number of aromatic amines is 2. The van der Waals surface area contributed by atoms with Crippen LogP contribution in [-0.4, -0.2) is 66.7 Å². The number of anilines is 1. The molecule has 0 atom stereocenters.